The number of amides is 3. The molecule has 0 spiro atoms. The third kappa shape index (κ3) is 6.66. The Labute approximate surface area is 228 Å². The van der Waals surface area contributed by atoms with Gasteiger partial charge in [0.2, 0.25) is 5.91 Å². The number of likely N-dealkylation sites (tertiary alicyclic amines) is 1. The van der Waals surface area contributed by atoms with Crippen LogP contribution in [0.4, 0.5) is 4.79 Å². The Morgan fingerprint density at radius 2 is 1.62 bits per heavy atom. The van der Waals surface area contributed by atoms with Crippen molar-refractivity contribution in [2.45, 2.75) is 32.3 Å². The maximum absolute atomic E-state index is 12.9. The molecule has 2 aliphatic heterocycles. The Morgan fingerprint density at radius 3 is 2.22 bits per heavy atom. The van der Waals surface area contributed by atoms with E-state index in [1.165, 1.54) is 18.2 Å². The molecular formula is C26H24Cl2N2O6S. The number of aromatic carboxylic acids is 1. The lowest BCUT2D eigenvalue weighted by molar-refractivity contribution is -0.135. The number of halogens is 2. The number of carbonyl (C=O) groups excluding carboxylic acids is 3. The Hall–Kier alpha value is -3.01. The molecule has 2 heterocycles. The number of thioether (sulfide) groups is 1. The lowest BCUT2D eigenvalue weighted by Crippen LogP contribution is -2.42. The predicted molar refractivity (Wildman–Crippen MR) is 142 cm³/mol. The molecule has 11 heteroatoms. The molecule has 2 fully saturated rings. The van der Waals surface area contributed by atoms with Gasteiger partial charge in [-0.3, -0.25) is 19.3 Å². The second-order valence-corrected chi connectivity index (χ2v) is 10.5. The molecular weight excluding hydrogens is 539 g/mol. The van der Waals surface area contributed by atoms with Gasteiger partial charge in [0.05, 0.1) is 20.5 Å². The molecule has 0 bridgehead atoms. The van der Waals surface area contributed by atoms with Crippen LogP contribution in [0.25, 0.3) is 6.08 Å². The molecule has 2 saturated heterocycles. The highest BCUT2D eigenvalue weighted by atomic mass is 35.5. The molecule has 2 aromatic rings. The van der Waals surface area contributed by atoms with Crippen molar-refractivity contribution in [1.82, 2.24) is 9.80 Å². The summed E-state index contributed by atoms with van der Waals surface area (Å²) < 4.78 is 5.74. The Bertz CT molecular complexity index is 1230. The zero-order valence-corrected chi connectivity index (χ0v) is 22.1. The largest absolute Gasteiger partial charge is 0.486 e. The molecule has 194 valence electrons. The highest BCUT2D eigenvalue weighted by Crippen LogP contribution is 2.38. The van der Waals surface area contributed by atoms with Crippen LogP contribution in [0.2, 0.25) is 10.0 Å². The standard InChI is InChI=1S/C26H24Cl2N2O6S/c27-19-11-17(12-20(28)23(19)36-15-16-5-7-18(8-6-16)25(33)34)13-21-24(32)30(26(35)37-21)14-22(31)29-9-3-1-2-4-10-29/h5-8,11-13H,1-4,9-10,14-15H2,(H,33,34). The van der Waals surface area contributed by atoms with Crippen LogP contribution in [0, 0.1) is 0 Å². The van der Waals surface area contributed by atoms with Gasteiger partial charge in [0.1, 0.15) is 13.2 Å². The van der Waals surface area contributed by atoms with Gasteiger partial charge in [-0.2, -0.15) is 0 Å². The monoisotopic (exact) mass is 562 g/mol. The smallest absolute Gasteiger partial charge is 0.335 e. The summed E-state index contributed by atoms with van der Waals surface area (Å²) in [4.78, 5) is 51.9. The first-order chi connectivity index (χ1) is 17.7. The average Bonchev–Trinajstić information content (AvgIpc) is 3.04. The van der Waals surface area contributed by atoms with Crippen LogP contribution in [0.1, 0.15) is 47.2 Å². The summed E-state index contributed by atoms with van der Waals surface area (Å²) in [5.74, 6) is -1.54. The summed E-state index contributed by atoms with van der Waals surface area (Å²) in [5.41, 5.74) is 1.39. The van der Waals surface area contributed by atoms with Crippen molar-refractivity contribution < 1.29 is 29.0 Å². The van der Waals surface area contributed by atoms with E-state index in [1.54, 1.807) is 29.2 Å². The third-order valence-electron chi connectivity index (χ3n) is 6.03. The third-order valence-corrected chi connectivity index (χ3v) is 7.50. The molecule has 0 radical (unpaired) electrons. The highest BCUT2D eigenvalue weighted by molar-refractivity contribution is 8.18. The molecule has 8 nitrogen and oxygen atoms in total. The number of carboxylic acid groups (broad SMARTS) is 1. The lowest BCUT2D eigenvalue weighted by atomic mass is 10.1. The van der Waals surface area contributed by atoms with Crippen molar-refractivity contribution in [3.05, 3.63) is 68.0 Å². The molecule has 1 N–H and O–H groups in total. The van der Waals surface area contributed by atoms with Gasteiger partial charge in [0.15, 0.2) is 5.75 Å². The van der Waals surface area contributed by atoms with E-state index in [9.17, 15) is 19.2 Å². The molecule has 37 heavy (non-hydrogen) atoms. The van der Waals surface area contributed by atoms with Crippen molar-refractivity contribution in [1.29, 1.82) is 0 Å². The molecule has 3 amide bonds. The van der Waals surface area contributed by atoms with Crippen molar-refractivity contribution in [2.24, 2.45) is 0 Å². The number of hydrogen-bond donors (Lipinski definition) is 1. The van der Waals surface area contributed by atoms with Crippen LogP contribution in [0.3, 0.4) is 0 Å². The second kappa shape index (κ2) is 12.0. The fourth-order valence-electron chi connectivity index (χ4n) is 4.04. The first-order valence-corrected chi connectivity index (χ1v) is 13.3. The van der Waals surface area contributed by atoms with Crippen molar-refractivity contribution >= 4 is 64.1 Å². The SMILES string of the molecule is O=C(O)c1ccc(COc2c(Cl)cc(C=C3SC(=O)N(CC(=O)N4CCCCCC4)C3=O)cc2Cl)cc1. The number of carbonyl (C=O) groups is 4. The average molecular weight is 563 g/mol. The molecule has 0 aromatic heterocycles. The molecule has 0 atom stereocenters. The van der Waals surface area contributed by atoms with Crippen LogP contribution in [-0.4, -0.2) is 57.6 Å². The second-order valence-electron chi connectivity index (χ2n) is 8.67. The van der Waals surface area contributed by atoms with E-state index in [2.05, 4.69) is 0 Å². The number of nitrogens with zero attached hydrogens (tertiary/aromatic N) is 2. The van der Waals surface area contributed by atoms with Crippen LogP contribution in [0.15, 0.2) is 41.3 Å². The zero-order valence-electron chi connectivity index (χ0n) is 19.7. The number of hydrogen-bond acceptors (Lipinski definition) is 6. The topological polar surface area (TPSA) is 104 Å². The van der Waals surface area contributed by atoms with Crippen LogP contribution in [0.5, 0.6) is 5.75 Å². The Balaban J connectivity index is 1.42. The maximum atomic E-state index is 12.9. The van der Waals surface area contributed by atoms with Gasteiger partial charge < -0.3 is 14.7 Å². The summed E-state index contributed by atoms with van der Waals surface area (Å²) in [7, 11) is 0. The van der Waals surface area contributed by atoms with Crippen molar-refractivity contribution in [3.63, 3.8) is 0 Å². The number of ether oxygens (including phenoxy) is 1. The fourth-order valence-corrected chi connectivity index (χ4v) is 5.49. The van der Waals surface area contributed by atoms with Crippen LogP contribution < -0.4 is 4.74 Å². The molecule has 2 aromatic carbocycles. The van der Waals surface area contributed by atoms with Gasteiger partial charge in [0, 0.05) is 13.1 Å². The minimum Gasteiger partial charge on any atom is -0.486 e. The van der Waals surface area contributed by atoms with Gasteiger partial charge in [-0.25, -0.2) is 4.79 Å². The molecule has 0 saturated carbocycles. The summed E-state index contributed by atoms with van der Waals surface area (Å²) in [6.45, 7) is 1.13. The number of benzene rings is 2. The Morgan fingerprint density at radius 1 is 1.00 bits per heavy atom. The fraction of sp³-hybridized carbons (Fsp3) is 0.308. The van der Waals surface area contributed by atoms with E-state index in [4.69, 9.17) is 33.0 Å². The van der Waals surface area contributed by atoms with Gasteiger partial charge in [0.25, 0.3) is 11.1 Å². The van der Waals surface area contributed by atoms with Gasteiger partial charge >= 0.3 is 5.97 Å². The van der Waals surface area contributed by atoms with Gasteiger partial charge in [-0.1, -0.05) is 48.2 Å². The highest BCUT2D eigenvalue weighted by Gasteiger charge is 2.37. The van der Waals surface area contributed by atoms with Crippen LogP contribution >= 0.6 is 35.0 Å². The number of rotatable bonds is 7. The summed E-state index contributed by atoms with van der Waals surface area (Å²) >= 11 is 13.5. The minimum absolute atomic E-state index is 0.114. The molecule has 0 aliphatic carbocycles. The van der Waals surface area contributed by atoms with Crippen molar-refractivity contribution in [2.75, 3.05) is 19.6 Å². The minimum atomic E-state index is -1.02. The quantitative estimate of drug-likeness (QED) is 0.431. The number of carboxylic acids is 1. The van der Waals surface area contributed by atoms with E-state index >= 15 is 0 Å². The lowest BCUT2D eigenvalue weighted by Gasteiger charge is -2.22. The van der Waals surface area contributed by atoms with E-state index in [1.807, 2.05) is 0 Å². The molecule has 2 aliphatic rings. The van der Waals surface area contributed by atoms with Gasteiger partial charge in [-0.05, 0) is 66.1 Å². The van der Waals surface area contributed by atoms with E-state index in [-0.39, 0.29) is 45.3 Å². The maximum Gasteiger partial charge on any atom is 0.335 e. The van der Waals surface area contributed by atoms with E-state index in [0.29, 0.717) is 18.7 Å². The summed E-state index contributed by atoms with van der Waals surface area (Å²) in [6, 6.07) is 9.34. The van der Waals surface area contributed by atoms with E-state index < -0.39 is 17.1 Å². The predicted octanol–water partition coefficient (Wildman–Crippen LogP) is 5.71. The summed E-state index contributed by atoms with van der Waals surface area (Å²) in [5, 5.41) is 8.92. The normalized spacial score (nSPS) is 17.3. The first-order valence-electron chi connectivity index (χ1n) is 11.7. The van der Waals surface area contributed by atoms with Crippen molar-refractivity contribution in [3.8, 4) is 5.75 Å². The summed E-state index contributed by atoms with van der Waals surface area (Å²) in [6.07, 6.45) is 5.50. The van der Waals surface area contributed by atoms with Gasteiger partial charge in [-0.15, -0.1) is 0 Å². The van der Waals surface area contributed by atoms with E-state index in [0.717, 1.165) is 47.9 Å². The molecule has 4 rings (SSSR count). The van der Waals surface area contributed by atoms with Crippen LogP contribution in [-0.2, 0) is 16.2 Å². The first kappa shape index (κ1) is 27.0. The molecule has 0 unspecified atom stereocenters. The Kier molecular flexibility index (Phi) is 8.79. The zero-order chi connectivity index (χ0) is 26.5. The number of imide groups is 1.